The SMILES string of the molecule is C=CC/C=C/CCCCC.CCCCCCCCCCCC(=O)OC. The summed E-state index contributed by atoms with van der Waals surface area (Å²) in [5.74, 6) is -0.0713. The number of ether oxygens (including phenoxy) is 1. The van der Waals surface area contributed by atoms with Crippen LogP contribution in [0.3, 0.4) is 0 Å². The van der Waals surface area contributed by atoms with Crippen molar-refractivity contribution in [3.63, 3.8) is 0 Å². The van der Waals surface area contributed by atoms with E-state index in [4.69, 9.17) is 0 Å². The van der Waals surface area contributed by atoms with E-state index < -0.39 is 0 Å². The first-order chi connectivity index (χ1) is 12.2. The second-order valence-corrected chi connectivity index (χ2v) is 6.65. The molecule has 2 nitrogen and oxygen atoms in total. The van der Waals surface area contributed by atoms with Crippen LogP contribution in [0.2, 0.25) is 0 Å². The van der Waals surface area contributed by atoms with Gasteiger partial charge in [-0.15, -0.1) is 6.58 Å². The fourth-order valence-corrected chi connectivity index (χ4v) is 2.50. The molecule has 25 heavy (non-hydrogen) atoms. The van der Waals surface area contributed by atoms with Gasteiger partial charge < -0.3 is 4.74 Å². The molecule has 0 heterocycles. The number of allylic oxidation sites excluding steroid dienone is 3. The van der Waals surface area contributed by atoms with Crippen molar-refractivity contribution in [1.82, 2.24) is 0 Å². The van der Waals surface area contributed by atoms with E-state index in [2.05, 4.69) is 37.3 Å². The monoisotopic (exact) mass is 352 g/mol. The van der Waals surface area contributed by atoms with E-state index in [1.165, 1.54) is 84.2 Å². The normalized spacial score (nSPS) is 10.4. The minimum absolute atomic E-state index is 0.0713. The smallest absolute Gasteiger partial charge is 0.305 e. The van der Waals surface area contributed by atoms with Crippen LogP contribution in [0.25, 0.3) is 0 Å². The van der Waals surface area contributed by atoms with Crippen LogP contribution in [0, 0.1) is 0 Å². The van der Waals surface area contributed by atoms with Crippen LogP contribution in [0.1, 0.15) is 110 Å². The minimum atomic E-state index is -0.0713. The van der Waals surface area contributed by atoms with Gasteiger partial charge in [-0.2, -0.15) is 0 Å². The Morgan fingerprint density at radius 3 is 1.84 bits per heavy atom. The summed E-state index contributed by atoms with van der Waals surface area (Å²) >= 11 is 0. The van der Waals surface area contributed by atoms with Crippen LogP contribution >= 0.6 is 0 Å². The molecule has 0 radical (unpaired) electrons. The third-order valence-corrected chi connectivity index (χ3v) is 4.16. The number of rotatable bonds is 16. The summed E-state index contributed by atoms with van der Waals surface area (Å²) in [6.45, 7) is 8.12. The van der Waals surface area contributed by atoms with Crippen molar-refractivity contribution in [2.45, 2.75) is 110 Å². The summed E-state index contributed by atoms with van der Waals surface area (Å²) in [5.41, 5.74) is 0. The van der Waals surface area contributed by atoms with Crippen LogP contribution < -0.4 is 0 Å². The number of methoxy groups -OCH3 is 1. The van der Waals surface area contributed by atoms with Crippen LogP contribution in [-0.4, -0.2) is 13.1 Å². The number of esters is 1. The van der Waals surface area contributed by atoms with Crippen LogP contribution in [-0.2, 0) is 9.53 Å². The lowest BCUT2D eigenvalue weighted by Gasteiger charge is -2.01. The average Bonchev–Trinajstić information content (AvgIpc) is 2.63. The van der Waals surface area contributed by atoms with E-state index in [-0.39, 0.29) is 5.97 Å². The van der Waals surface area contributed by atoms with Crippen LogP contribution in [0.15, 0.2) is 24.8 Å². The Labute approximate surface area is 158 Å². The zero-order valence-corrected chi connectivity index (χ0v) is 17.4. The van der Waals surface area contributed by atoms with E-state index >= 15 is 0 Å². The molecule has 0 aliphatic carbocycles. The van der Waals surface area contributed by atoms with Crippen molar-refractivity contribution in [2.75, 3.05) is 7.11 Å². The van der Waals surface area contributed by atoms with Gasteiger partial charge in [-0.3, -0.25) is 4.79 Å². The van der Waals surface area contributed by atoms with Gasteiger partial charge in [0.05, 0.1) is 7.11 Å². The molecule has 0 spiro atoms. The first-order valence-electron chi connectivity index (χ1n) is 10.6. The van der Waals surface area contributed by atoms with Gasteiger partial charge in [0, 0.05) is 6.42 Å². The summed E-state index contributed by atoms with van der Waals surface area (Å²) in [6, 6.07) is 0. The van der Waals surface area contributed by atoms with Crippen molar-refractivity contribution in [3.05, 3.63) is 24.8 Å². The topological polar surface area (TPSA) is 26.3 Å². The highest BCUT2D eigenvalue weighted by atomic mass is 16.5. The molecule has 2 heteroatoms. The first-order valence-corrected chi connectivity index (χ1v) is 10.6. The quantitative estimate of drug-likeness (QED) is 0.161. The standard InChI is InChI=1S/C13H26O2.C10H18/c1-3-4-5-6-7-8-9-10-11-12-13(14)15-2;1-3-5-7-9-10-8-6-4-2/h3-12H2,1-2H3;3,7,9H,1,4-6,8,10H2,2H3/b;9-7+. The Balaban J connectivity index is 0. The lowest BCUT2D eigenvalue weighted by Crippen LogP contribution is -1.99. The molecule has 0 rings (SSSR count). The molecule has 0 aromatic heterocycles. The predicted octanol–water partition coefficient (Wildman–Crippen LogP) is 7.78. The Hall–Kier alpha value is -1.05. The highest BCUT2D eigenvalue weighted by Gasteiger charge is 1.98. The summed E-state index contributed by atoms with van der Waals surface area (Å²) in [4.78, 5) is 10.8. The Morgan fingerprint density at radius 1 is 0.800 bits per heavy atom. The summed E-state index contributed by atoms with van der Waals surface area (Å²) in [5, 5.41) is 0. The van der Waals surface area contributed by atoms with Gasteiger partial charge in [-0.25, -0.2) is 0 Å². The van der Waals surface area contributed by atoms with Gasteiger partial charge in [-0.05, 0) is 25.7 Å². The van der Waals surface area contributed by atoms with Crippen LogP contribution in [0.5, 0.6) is 0 Å². The summed E-state index contributed by atoms with van der Waals surface area (Å²) < 4.78 is 4.58. The second-order valence-electron chi connectivity index (χ2n) is 6.65. The molecule has 0 saturated heterocycles. The van der Waals surface area contributed by atoms with E-state index in [1.54, 1.807) is 0 Å². The Kier molecular flexibility index (Phi) is 26.4. The van der Waals surface area contributed by atoms with Gasteiger partial charge in [0.2, 0.25) is 0 Å². The molecule has 0 fully saturated rings. The van der Waals surface area contributed by atoms with Crippen molar-refractivity contribution >= 4 is 5.97 Å². The summed E-state index contributed by atoms with van der Waals surface area (Å²) in [6.07, 6.45) is 24.8. The number of carbonyl (C=O) groups excluding carboxylic acids is 1. The fraction of sp³-hybridized carbons (Fsp3) is 0.783. The van der Waals surface area contributed by atoms with E-state index in [0.717, 1.165) is 12.8 Å². The lowest BCUT2D eigenvalue weighted by atomic mass is 10.1. The Morgan fingerprint density at radius 2 is 1.32 bits per heavy atom. The van der Waals surface area contributed by atoms with Crippen molar-refractivity contribution in [1.29, 1.82) is 0 Å². The molecule has 0 N–H and O–H groups in total. The molecule has 0 aromatic carbocycles. The lowest BCUT2D eigenvalue weighted by molar-refractivity contribution is -0.140. The van der Waals surface area contributed by atoms with Crippen LogP contribution in [0.4, 0.5) is 0 Å². The summed E-state index contributed by atoms with van der Waals surface area (Å²) in [7, 11) is 1.45. The maximum atomic E-state index is 10.8. The number of hydrogen-bond acceptors (Lipinski definition) is 2. The minimum Gasteiger partial charge on any atom is -0.469 e. The fourth-order valence-electron chi connectivity index (χ4n) is 2.50. The average molecular weight is 353 g/mol. The van der Waals surface area contributed by atoms with Gasteiger partial charge in [0.25, 0.3) is 0 Å². The van der Waals surface area contributed by atoms with E-state index in [9.17, 15) is 4.79 Å². The molecule has 0 bridgehead atoms. The molecule has 148 valence electrons. The molecule has 0 amide bonds. The first kappa shape index (κ1) is 26.2. The third-order valence-electron chi connectivity index (χ3n) is 4.16. The third kappa shape index (κ3) is 28.0. The molecule has 0 atom stereocenters. The zero-order chi connectivity index (χ0) is 19.0. The number of hydrogen-bond donors (Lipinski definition) is 0. The highest BCUT2D eigenvalue weighted by Crippen LogP contribution is 2.10. The van der Waals surface area contributed by atoms with Crippen molar-refractivity contribution in [3.8, 4) is 0 Å². The molecule has 0 aromatic rings. The van der Waals surface area contributed by atoms with Gasteiger partial charge >= 0.3 is 5.97 Å². The molecule has 0 unspecified atom stereocenters. The number of unbranched alkanes of at least 4 members (excludes halogenated alkanes) is 11. The molecule has 0 aliphatic rings. The van der Waals surface area contributed by atoms with E-state index in [1.807, 2.05) is 6.08 Å². The van der Waals surface area contributed by atoms with Gasteiger partial charge in [-0.1, -0.05) is 96.3 Å². The van der Waals surface area contributed by atoms with Gasteiger partial charge in [0.1, 0.15) is 0 Å². The van der Waals surface area contributed by atoms with E-state index in [0.29, 0.717) is 6.42 Å². The molecular formula is C23H44O2. The second kappa shape index (κ2) is 25.2. The van der Waals surface area contributed by atoms with Gasteiger partial charge in [0.15, 0.2) is 0 Å². The zero-order valence-electron chi connectivity index (χ0n) is 17.4. The maximum Gasteiger partial charge on any atom is 0.305 e. The highest BCUT2D eigenvalue weighted by molar-refractivity contribution is 5.68. The molecular weight excluding hydrogens is 308 g/mol. The molecule has 0 aliphatic heterocycles. The molecule has 0 saturated carbocycles. The number of carbonyl (C=O) groups is 1. The maximum absolute atomic E-state index is 10.8. The predicted molar refractivity (Wildman–Crippen MR) is 112 cm³/mol. The van der Waals surface area contributed by atoms with Crippen molar-refractivity contribution in [2.24, 2.45) is 0 Å². The van der Waals surface area contributed by atoms with Crippen molar-refractivity contribution < 1.29 is 9.53 Å². The largest absolute Gasteiger partial charge is 0.469 e. The Bertz CT molecular complexity index is 294.